The van der Waals surface area contributed by atoms with Gasteiger partial charge in [-0.3, -0.25) is 14.9 Å². The van der Waals surface area contributed by atoms with Crippen molar-refractivity contribution in [2.75, 3.05) is 5.32 Å². The van der Waals surface area contributed by atoms with Crippen molar-refractivity contribution >= 4 is 17.3 Å². The Morgan fingerprint density at radius 1 is 1.24 bits per heavy atom. The molecular weight excluding hydrogens is 339 g/mol. The summed E-state index contributed by atoms with van der Waals surface area (Å²) in [5.74, 6) is -0.809. The molecule has 0 spiro atoms. The molecule has 6 nitrogen and oxygen atoms in total. The van der Waals surface area contributed by atoms with Gasteiger partial charge in [0.1, 0.15) is 0 Å². The van der Waals surface area contributed by atoms with Gasteiger partial charge in [0.05, 0.1) is 10.5 Å². The highest BCUT2D eigenvalue weighted by molar-refractivity contribution is 5.93. The number of hydrogen-bond acceptors (Lipinski definition) is 4. The number of nitro groups is 1. The van der Waals surface area contributed by atoms with Gasteiger partial charge in [-0.25, -0.2) is 0 Å². The molecule has 25 heavy (non-hydrogen) atoms. The lowest BCUT2D eigenvalue weighted by Crippen LogP contribution is -2.12. The molecule has 0 aliphatic heterocycles. The second-order valence-electron chi connectivity index (χ2n) is 5.35. The number of hydrogen-bond donors (Lipinski definition) is 2. The van der Waals surface area contributed by atoms with Gasteiger partial charge in [0.2, 0.25) is 5.91 Å². The van der Waals surface area contributed by atoms with Crippen LogP contribution in [-0.4, -0.2) is 10.8 Å². The first-order valence-corrected chi connectivity index (χ1v) is 7.08. The number of aryl methyl sites for hydroxylation is 1. The second-order valence-corrected chi connectivity index (χ2v) is 5.35. The summed E-state index contributed by atoms with van der Waals surface area (Å²) in [5, 5.41) is 13.8. The fraction of sp³-hybridized carbons (Fsp3) is 0.188. The van der Waals surface area contributed by atoms with Crippen molar-refractivity contribution < 1.29 is 22.9 Å². The van der Waals surface area contributed by atoms with Crippen LogP contribution in [0.3, 0.4) is 0 Å². The van der Waals surface area contributed by atoms with E-state index in [1.807, 2.05) is 0 Å². The number of amides is 1. The van der Waals surface area contributed by atoms with Crippen molar-refractivity contribution in [3.63, 3.8) is 0 Å². The molecule has 0 heterocycles. The van der Waals surface area contributed by atoms with E-state index in [9.17, 15) is 28.1 Å². The molecule has 0 atom stereocenters. The Morgan fingerprint density at radius 3 is 2.48 bits per heavy atom. The van der Waals surface area contributed by atoms with E-state index in [1.54, 1.807) is 0 Å². The zero-order valence-electron chi connectivity index (χ0n) is 13.1. The van der Waals surface area contributed by atoms with Gasteiger partial charge in [0.15, 0.2) is 0 Å². The molecule has 3 N–H and O–H groups in total. The molecule has 0 unspecified atom stereocenters. The third-order valence-corrected chi connectivity index (χ3v) is 3.59. The molecule has 132 valence electrons. The highest BCUT2D eigenvalue weighted by Gasteiger charge is 2.32. The topological polar surface area (TPSA) is 98.3 Å². The van der Waals surface area contributed by atoms with Gasteiger partial charge in [-0.15, -0.1) is 0 Å². The van der Waals surface area contributed by atoms with Crippen molar-refractivity contribution in [1.29, 1.82) is 0 Å². The second kappa shape index (κ2) is 6.80. The number of nitrogens with one attached hydrogen (secondary N) is 1. The molecule has 0 aliphatic rings. The van der Waals surface area contributed by atoms with Crippen LogP contribution in [-0.2, 0) is 12.7 Å². The number of nitrogens with zero attached hydrogens (tertiary/aromatic N) is 1. The molecule has 0 radical (unpaired) electrons. The molecule has 2 aromatic carbocycles. The van der Waals surface area contributed by atoms with Crippen LogP contribution in [0.1, 0.15) is 27.0 Å². The van der Waals surface area contributed by atoms with Crippen LogP contribution < -0.4 is 11.1 Å². The van der Waals surface area contributed by atoms with E-state index in [4.69, 9.17) is 5.73 Å². The molecule has 9 heteroatoms. The first-order valence-electron chi connectivity index (χ1n) is 7.08. The highest BCUT2D eigenvalue weighted by Crippen LogP contribution is 2.33. The summed E-state index contributed by atoms with van der Waals surface area (Å²) >= 11 is 0. The fourth-order valence-electron chi connectivity index (χ4n) is 2.27. The number of benzene rings is 2. The monoisotopic (exact) mass is 353 g/mol. The van der Waals surface area contributed by atoms with Crippen LogP contribution in [0.25, 0.3) is 0 Å². The van der Waals surface area contributed by atoms with E-state index in [-0.39, 0.29) is 34.6 Å². The number of nitrogens with two attached hydrogens (primary N) is 1. The van der Waals surface area contributed by atoms with Crippen molar-refractivity contribution in [3.8, 4) is 0 Å². The number of carbonyl (C=O) groups is 1. The van der Waals surface area contributed by atoms with E-state index in [1.165, 1.54) is 31.2 Å². The standard InChI is InChI=1S/C16H14F3N3O3/c1-9-2-5-12(7-13(9)16(17,18)19)21-8-11-4-3-10(15(20)23)6-14(11)22(24)25/h2-7,21H,8H2,1H3,(H2,20,23). The predicted octanol–water partition coefficient (Wildman–Crippen LogP) is 3.63. The Labute approximate surface area is 140 Å². The van der Waals surface area contributed by atoms with E-state index in [0.717, 1.165) is 12.1 Å². The minimum Gasteiger partial charge on any atom is -0.381 e. The summed E-state index contributed by atoms with van der Waals surface area (Å²) in [6, 6.07) is 7.41. The van der Waals surface area contributed by atoms with Crippen LogP contribution in [0.4, 0.5) is 24.5 Å². The molecule has 0 saturated carbocycles. The Kier molecular flexibility index (Phi) is 4.96. The summed E-state index contributed by atoms with van der Waals surface area (Å²) in [6.07, 6.45) is -4.49. The van der Waals surface area contributed by atoms with Crippen molar-refractivity contribution in [3.05, 3.63) is 68.8 Å². The summed E-state index contributed by atoms with van der Waals surface area (Å²) < 4.78 is 38.8. The smallest absolute Gasteiger partial charge is 0.381 e. The number of rotatable bonds is 5. The molecule has 0 saturated heterocycles. The van der Waals surface area contributed by atoms with Crippen molar-refractivity contribution in [2.45, 2.75) is 19.6 Å². The molecule has 0 bridgehead atoms. The minimum absolute atomic E-state index is 0.0230. The summed E-state index contributed by atoms with van der Waals surface area (Å²) in [6.45, 7) is 1.26. The third kappa shape index (κ3) is 4.25. The zero-order chi connectivity index (χ0) is 18.8. The van der Waals surface area contributed by atoms with Crippen molar-refractivity contribution in [2.24, 2.45) is 5.73 Å². The number of nitro benzene ring substituents is 1. The molecule has 0 aliphatic carbocycles. The molecule has 2 rings (SSSR count). The van der Waals surface area contributed by atoms with Crippen LogP contribution >= 0.6 is 0 Å². The molecule has 1 amide bonds. The Morgan fingerprint density at radius 2 is 1.92 bits per heavy atom. The van der Waals surface area contributed by atoms with Crippen LogP contribution in [0, 0.1) is 17.0 Å². The van der Waals surface area contributed by atoms with E-state index in [0.29, 0.717) is 0 Å². The number of halogens is 3. The Balaban J connectivity index is 2.27. The predicted molar refractivity (Wildman–Crippen MR) is 85.1 cm³/mol. The lowest BCUT2D eigenvalue weighted by atomic mass is 10.1. The van der Waals surface area contributed by atoms with Gasteiger partial charge in [-0.1, -0.05) is 6.07 Å². The Bertz CT molecular complexity index is 835. The van der Waals surface area contributed by atoms with E-state index < -0.39 is 22.6 Å². The van der Waals surface area contributed by atoms with Gasteiger partial charge in [-0.05, 0) is 36.8 Å². The molecule has 0 aromatic heterocycles. The van der Waals surface area contributed by atoms with Gasteiger partial charge in [-0.2, -0.15) is 13.2 Å². The average Bonchev–Trinajstić information content (AvgIpc) is 2.52. The molecule has 0 fully saturated rings. The van der Waals surface area contributed by atoms with Gasteiger partial charge in [0, 0.05) is 29.4 Å². The highest BCUT2D eigenvalue weighted by atomic mass is 19.4. The van der Waals surface area contributed by atoms with Gasteiger partial charge < -0.3 is 11.1 Å². The summed E-state index contributed by atoms with van der Waals surface area (Å²) in [5.41, 5.74) is 4.40. The number of anilines is 1. The van der Waals surface area contributed by atoms with Gasteiger partial charge in [0.25, 0.3) is 5.69 Å². The van der Waals surface area contributed by atoms with Crippen molar-refractivity contribution in [1.82, 2.24) is 0 Å². The lowest BCUT2D eigenvalue weighted by molar-refractivity contribution is -0.385. The maximum Gasteiger partial charge on any atom is 0.416 e. The first kappa shape index (κ1) is 18.2. The number of alkyl halides is 3. The minimum atomic E-state index is -4.49. The summed E-state index contributed by atoms with van der Waals surface area (Å²) in [4.78, 5) is 21.5. The van der Waals surface area contributed by atoms with E-state index >= 15 is 0 Å². The first-order chi connectivity index (χ1) is 11.6. The van der Waals surface area contributed by atoms with E-state index in [2.05, 4.69) is 5.32 Å². The zero-order valence-corrected chi connectivity index (χ0v) is 13.1. The van der Waals surface area contributed by atoms with Crippen LogP contribution in [0.2, 0.25) is 0 Å². The largest absolute Gasteiger partial charge is 0.416 e. The fourth-order valence-corrected chi connectivity index (χ4v) is 2.27. The lowest BCUT2D eigenvalue weighted by Gasteiger charge is -2.13. The van der Waals surface area contributed by atoms with Crippen LogP contribution in [0.5, 0.6) is 0 Å². The Hall–Kier alpha value is -3.10. The number of primary amides is 1. The molecular formula is C16H14F3N3O3. The molecule has 2 aromatic rings. The maximum atomic E-state index is 12.9. The van der Waals surface area contributed by atoms with Gasteiger partial charge >= 0.3 is 6.18 Å². The SMILES string of the molecule is Cc1ccc(NCc2ccc(C(N)=O)cc2[N+](=O)[O-])cc1C(F)(F)F. The quantitative estimate of drug-likeness (QED) is 0.633. The van der Waals surface area contributed by atoms with Crippen LogP contribution in [0.15, 0.2) is 36.4 Å². The maximum absolute atomic E-state index is 12.9. The third-order valence-electron chi connectivity index (χ3n) is 3.59. The normalized spacial score (nSPS) is 11.2. The average molecular weight is 353 g/mol. The summed E-state index contributed by atoms with van der Waals surface area (Å²) in [7, 11) is 0. The number of carbonyl (C=O) groups excluding carboxylic acids is 1.